The highest BCUT2D eigenvalue weighted by Gasteiger charge is 2.23. The van der Waals surface area contributed by atoms with Crippen molar-refractivity contribution in [1.82, 2.24) is 15.1 Å². The van der Waals surface area contributed by atoms with Crippen molar-refractivity contribution in [3.8, 4) is 0 Å². The zero-order chi connectivity index (χ0) is 23.6. The van der Waals surface area contributed by atoms with Gasteiger partial charge in [-0.25, -0.2) is 0 Å². The average molecular weight is 452 g/mol. The van der Waals surface area contributed by atoms with E-state index in [4.69, 9.17) is 5.41 Å². The van der Waals surface area contributed by atoms with Crippen LogP contribution in [0, 0.1) is 5.41 Å². The third kappa shape index (κ3) is 6.89. The van der Waals surface area contributed by atoms with E-state index in [1.807, 2.05) is 12.1 Å². The number of carbonyl (C=O) groups is 1. The molecule has 1 atom stereocenters. The highest BCUT2D eigenvalue weighted by Crippen LogP contribution is 2.19. The second-order valence-corrected chi connectivity index (χ2v) is 8.12. The first-order valence-corrected chi connectivity index (χ1v) is 11.2. The smallest absolute Gasteiger partial charge is 0.254 e. The second kappa shape index (κ2) is 12.2. The van der Waals surface area contributed by atoms with Gasteiger partial charge in [0.25, 0.3) is 5.91 Å². The van der Waals surface area contributed by atoms with Gasteiger partial charge in [-0.2, -0.15) is 0 Å². The van der Waals surface area contributed by atoms with Gasteiger partial charge in [-0.1, -0.05) is 30.3 Å². The Labute approximate surface area is 195 Å². The van der Waals surface area contributed by atoms with E-state index < -0.39 is 6.10 Å². The van der Waals surface area contributed by atoms with E-state index in [2.05, 4.69) is 33.7 Å². The first-order chi connectivity index (χ1) is 16.0. The number of fused-ring (bicyclic) bond motifs is 1. The molecule has 0 spiro atoms. The quantitative estimate of drug-likeness (QED) is 0.332. The lowest BCUT2D eigenvalue weighted by molar-refractivity contribution is 0.0466. The average Bonchev–Trinajstić information content (AvgIpc) is 2.83. The summed E-state index contributed by atoms with van der Waals surface area (Å²) < 4.78 is 0. The number of nitrogens with zero attached hydrogens (tertiary/aromatic N) is 2. The number of amides is 1. The van der Waals surface area contributed by atoms with Gasteiger partial charge in [0.1, 0.15) is 0 Å². The van der Waals surface area contributed by atoms with Crippen molar-refractivity contribution >= 4 is 17.8 Å². The molecule has 0 saturated carbocycles. The maximum absolute atomic E-state index is 13.1. The molecule has 176 valence electrons. The van der Waals surface area contributed by atoms with Gasteiger partial charge in [-0.3, -0.25) is 9.69 Å². The van der Waals surface area contributed by atoms with Crippen molar-refractivity contribution in [2.24, 2.45) is 0 Å². The summed E-state index contributed by atoms with van der Waals surface area (Å²) in [5, 5.41) is 33.6. The van der Waals surface area contributed by atoms with E-state index in [-0.39, 0.29) is 25.6 Å². The van der Waals surface area contributed by atoms with Crippen molar-refractivity contribution in [3.05, 3.63) is 77.1 Å². The summed E-state index contributed by atoms with van der Waals surface area (Å²) >= 11 is 0. The third-order valence-corrected chi connectivity index (χ3v) is 5.62. The van der Waals surface area contributed by atoms with Crippen LogP contribution in [0.1, 0.15) is 21.5 Å². The van der Waals surface area contributed by atoms with Gasteiger partial charge in [0.05, 0.1) is 18.4 Å². The Morgan fingerprint density at radius 1 is 1.24 bits per heavy atom. The van der Waals surface area contributed by atoms with Crippen LogP contribution in [-0.2, 0) is 13.0 Å². The number of hydrogen-bond acceptors (Lipinski definition) is 7. The van der Waals surface area contributed by atoms with E-state index in [9.17, 15) is 15.0 Å². The Morgan fingerprint density at radius 2 is 2.03 bits per heavy atom. The zero-order valence-electron chi connectivity index (χ0n) is 19.0. The molecule has 2 aromatic carbocycles. The molecule has 0 aliphatic carbocycles. The summed E-state index contributed by atoms with van der Waals surface area (Å²) in [7, 11) is 1.74. The molecule has 3 rings (SSSR count). The van der Waals surface area contributed by atoms with Crippen LogP contribution in [0.5, 0.6) is 0 Å². The summed E-state index contributed by atoms with van der Waals surface area (Å²) in [5.74, 6) is -0.260. The van der Waals surface area contributed by atoms with Crippen LogP contribution in [0.25, 0.3) is 0 Å². The lowest BCUT2D eigenvalue weighted by Crippen LogP contribution is -2.44. The lowest BCUT2D eigenvalue weighted by Gasteiger charge is -2.32. The van der Waals surface area contributed by atoms with E-state index in [0.29, 0.717) is 23.5 Å². The Kier molecular flexibility index (Phi) is 9.00. The Bertz CT molecular complexity index is 978. The van der Waals surface area contributed by atoms with Crippen LogP contribution >= 0.6 is 0 Å². The molecular formula is C25H33N5O3. The monoisotopic (exact) mass is 451 g/mol. The van der Waals surface area contributed by atoms with Gasteiger partial charge in [-0.05, 0) is 35.7 Å². The van der Waals surface area contributed by atoms with Crippen molar-refractivity contribution in [1.29, 1.82) is 5.41 Å². The van der Waals surface area contributed by atoms with Gasteiger partial charge in [-0.15, -0.1) is 0 Å². The molecule has 5 N–H and O–H groups in total. The van der Waals surface area contributed by atoms with Crippen molar-refractivity contribution in [2.75, 3.05) is 45.2 Å². The van der Waals surface area contributed by atoms with Crippen molar-refractivity contribution in [2.45, 2.75) is 19.1 Å². The summed E-state index contributed by atoms with van der Waals surface area (Å²) in [6.45, 7) is 2.21. The minimum atomic E-state index is -0.727. The van der Waals surface area contributed by atoms with E-state index in [1.165, 1.54) is 22.2 Å². The maximum Gasteiger partial charge on any atom is 0.254 e. The molecule has 1 aliphatic rings. The number of hydrogen-bond donors (Lipinski definition) is 5. The standard InChI is InChI=1S/C25H33N5O3/c1-27-15-23(14-26)28-22-8-4-7-20(13-22)25(33)30(11-12-31)18-24(32)17-29-10-9-19-5-2-3-6-21(19)16-29/h2-8,13-15,24,26-28,31-32H,9-12,16-18H2,1H3/b23-15+,26-14?. The molecule has 1 aliphatic heterocycles. The number of β-amino-alcohol motifs (C(OH)–C–C–N with tert-alkyl or cyclic N) is 1. The van der Waals surface area contributed by atoms with Crippen LogP contribution < -0.4 is 10.6 Å². The summed E-state index contributed by atoms with van der Waals surface area (Å²) in [6.07, 6.45) is 3.05. The highest BCUT2D eigenvalue weighted by atomic mass is 16.3. The summed E-state index contributed by atoms with van der Waals surface area (Å²) in [5.41, 5.74) is 4.29. The number of carbonyl (C=O) groups excluding carboxylic acids is 1. The fourth-order valence-electron chi connectivity index (χ4n) is 4.07. The second-order valence-electron chi connectivity index (χ2n) is 8.12. The van der Waals surface area contributed by atoms with Gasteiger partial charge < -0.3 is 31.2 Å². The van der Waals surface area contributed by atoms with E-state index in [0.717, 1.165) is 19.5 Å². The maximum atomic E-state index is 13.1. The lowest BCUT2D eigenvalue weighted by atomic mass is 10.00. The Hall–Kier alpha value is -3.20. The molecule has 0 saturated heterocycles. The molecule has 0 fully saturated rings. The van der Waals surface area contributed by atoms with Gasteiger partial charge in [0, 0.05) is 63.4 Å². The van der Waals surface area contributed by atoms with Crippen LogP contribution in [0.2, 0.25) is 0 Å². The highest BCUT2D eigenvalue weighted by molar-refractivity contribution is 5.95. The zero-order valence-corrected chi connectivity index (χ0v) is 19.0. The number of nitrogens with one attached hydrogen (secondary N) is 3. The third-order valence-electron chi connectivity index (χ3n) is 5.62. The first kappa shape index (κ1) is 24.4. The molecule has 8 heteroatoms. The molecule has 1 unspecified atom stereocenters. The van der Waals surface area contributed by atoms with E-state index in [1.54, 1.807) is 31.4 Å². The molecule has 0 aromatic heterocycles. The fourth-order valence-corrected chi connectivity index (χ4v) is 4.07. The molecule has 2 aromatic rings. The largest absolute Gasteiger partial charge is 0.395 e. The number of allylic oxidation sites excluding steroid dienone is 1. The molecule has 1 amide bonds. The number of anilines is 1. The minimum Gasteiger partial charge on any atom is -0.395 e. The van der Waals surface area contributed by atoms with Gasteiger partial charge in [0.2, 0.25) is 0 Å². The predicted octanol–water partition coefficient (Wildman–Crippen LogP) is 1.66. The molecule has 33 heavy (non-hydrogen) atoms. The number of aliphatic hydroxyl groups is 2. The van der Waals surface area contributed by atoms with E-state index >= 15 is 0 Å². The Balaban J connectivity index is 1.63. The number of rotatable bonds is 11. The van der Waals surface area contributed by atoms with Crippen LogP contribution in [0.4, 0.5) is 5.69 Å². The SMILES string of the molecule is CN/C=C(\C=N)Nc1cccc(C(=O)N(CCO)CC(O)CN2CCc3ccccc3C2)c1. The van der Waals surface area contributed by atoms with Gasteiger partial charge in [0.15, 0.2) is 0 Å². The number of benzene rings is 2. The summed E-state index contributed by atoms with van der Waals surface area (Å²) in [4.78, 5) is 16.8. The topological polar surface area (TPSA) is 112 Å². The number of aliphatic hydroxyl groups excluding tert-OH is 2. The van der Waals surface area contributed by atoms with Crippen molar-refractivity contribution in [3.63, 3.8) is 0 Å². The van der Waals surface area contributed by atoms with Crippen molar-refractivity contribution < 1.29 is 15.0 Å². The Morgan fingerprint density at radius 3 is 2.76 bits per heavy atom. The molecule has 1 heterocycles. The van der Waals surface area contributed by atoms with Crippen LogP contribution in [0.3, 0.4) is 0 Å². The molecule has 0 bridgehead atoms. The predicted molar refractivity (Wildman–Crippen MR) is 130 cm³/mol. The molecule has 8 nitrogen and oxygen atoms in total. The fraction of sp³-hybridized carbons (Fsp3) is 0.360. The van der Waals surface area contributed by atoms with Gasteiger partial charge >= 0.3 is 0 Å². The summed E-state index contributed by atoms with van der Waals surface area (Å²) in [6, 6.07) is 15.3. The molecular weight excluding hydrogens is 418 g/mol. The van der Waals surface area contributed by atoms with Crippen LogP contribution in [0.15, 0.2) is 60.4 Å². The first-order valence-electron chi connectivity index (χ1n) is 11.2. The minimum absolute atomic E-state index is 0.139. The normalized spacial score (nSPS) is 14.8. The van der Waals surface area contributed by atoms with Crippen LogP contribution in [-0.4, -0.2) is 78.1 Å². The molecule has 0 radical (unpaired) electrons.